The van der Waals surface area contributed by atoms with Gasteiger partial charge in [-0.2, -0.15) is 14.9 Å². The van der Waals surface area contributed by atoms with E-state index in [9.17, 15) is 0 Å². The quantitative estimate of drug-likeness (QED) is 0.398. The van der Waals surface area contributed by atoms with Crippen LogP contribution in [0.1, 0.15) is 5.56 Å². The third-order valence-electron chi connectivity index (χ3n) is 4.45. The zero-order chi connectivity index (χ0) is 19.5. The Hall–Kier alpha value is -3.45. The van der Waals surface area contributed by atoms with Crippen LogP contribution >= 0.6 is 12.2 Å². The van der Waals surface area contributed by atoms with Gasteiger partial charge in [-0.3, -0.25) is 0 Å². The summed E-state index contributed by atoms with van der Waals surface area (Å²) in [5, 5.41) is 13.9. The van der Waals surface area contributed by atoms with E-state index in [-0.39, 0.29) is 0 Å². The molecular weight excluding hydrogens is 372 g/mol. The molecule has 0 aliphatic carbocycles. The Morgan fingerprint density at radius 2 is 1.79 bits per heavy atom. The van der Waals surface area contributed by atoms with Crippen molar-refractivity contribution in [3.63, 3.8) is 0 Å². The fourth-order valence-electron chi connectivity index (χ4n) is 3.03. The summed E-state index contributed by atoms with van der Waals surface area (Å²) in [6, 6.07) is 19.6. The minimum absolute atomic E-state index is 0.404. The van der Waals surface area contributed by atoms with Crippen molar-refractivity contribution in [2.75, 3.05) is 14.2 Å². The number of aromatic nitrogens is 3. The number of aromatic amines is 1. The summed E-state index contributed by atoms with van der Waals surface area (Å²) in [5.41, 5.74) is 1.75. The molecule has 0 aliphatic rings. The van der Waals surface area contributed by atoms with Crippen LogP contribution in [0.25, 0.3) is 22.2 Å². The van der Waals surface area contributed by atoms with E-state index in [1.54, 1.807) is 25.1 Å². The number of hydrogen-bond donors (Lipinski definition) is 1. The molecule has 28 heavy (non-hydrogen) atoms. The van der Waals surface area contributed by atoms with Crippen LogP contribution in [0.5, 0.6) is 11.5 Å². The molecule has 0 unspecified atom stereocenters. The minimum Gasteiger partial charge on any atom is -0.497 e. The van der Waals surface area contributed by atoms with Gasteiger partial charge in [-0.05, 0) is 53.3 Å². The van der Waals surface area contributed by atoms with Crippen molar-refractivity contribution in [3.05, 3.63) is 71.0 Å². The zero-order valence-electron chi connectivity index (χ0n) is 15.4. The molecule has 0 saturated carbocycles. The Morgan fingerprint density at radius 3 is 2.54 bits per heavy atom. The molecule has 3 aromatic carbocycles. The molecule has 0 fully saturated rings. The van der Waals surface area contributed by atoms with Crippen molar-refractivity contribution in [1.82, 2.24) is 14.9 Å². The molecule has 6 nitrogen and oxygen atoms in total. The van der Waals surface area contributed by atoms with Crippen molar-refractivity contribution < 1.29 is 9.47 Å². The first-order chi connectivity index (χ1) is 13.7. The second-order valence-electron chi connectivity index (χ2n) is 6.04. The molecule has 0 aliphatic heterocycles. The molecule has 4 aromatic rings. The van der Waals surface area contributed by atoms with Crippen LogP contribution in [-0.2, 0) is 0 Å². The average molecular weight is 390 g/mol. The summed E-state index contributed by atoms with van der Waals surface area (Å²) < 4.78 is 12.7. The van der Waals surface area contributed by atoms with Crippen LogP contribution in [0.4, 0.5) is 0 Å². The number of nitrogens with one attached hydrogen (secondary N) is 1. The van der Waals surface area contributed by atoms with Crippen LogP contribution in [0.3, 0.4) is 0 Å². The lowest BCUT2D eigenvalue weighted by Crippen LogP contribution is -1.97. The molecule has 140 valence electrons. The van der Waals surface area contributed by atoms with Crippen LogP contribution < -0.4 is 9.47 Å². The lowest BCUT2D eigenvalue weighted by Gasteiger charge is -2.08. The highest BCUT2D eigenvalue weighted by Crippen LogP contribution is 2.27. The first-order valence-electron chi connectivity index (χ1n) is 8.63. The van der Waals surface area contributed by atoms with Gasteiger partial charge in [0.1, 0.15) is 11.5 Å². The molecule has 0 saturated heterocycles. The van der Waals surface area contributed by atoms with Crippen molar-refractivity contribution in [2.45, 2.75) is 0 Å². The van der Waals surface area contributed by atoms with E-state index < -0.39 is 0 Å². The highest BCUT2D eigenvalue weighted by Gasteiger charge is 2.10. The van der Waals surface area contributed by atoms with E-state index in [0.717, 1.165) is 33.4 Å². The molecule has 0 amide bonds. The van der Waals surface area contributed by atoms with Gasteiger partial charge in [0, 0.05) is 11.1 Å². The number of fused-ring (bicyclic) bond motifs is 1. The van der Waals surface area contributed by atoms with E-state index in [4.69, 9.17) is 21.7 Å². The maximum absolute atomic E-state index is 5.53. The molecule has 4 rings (SSSR count). The van der Waals surface area contributed by atoms with E-state index in [0.29, 0.717) is 10.6 Å². The molecule has 0 atom stereocenters. The van der Waals surface area contributed by atoms with Gasteiger partial charge in [0.15, 0.2) is 5.82 Å². The summed E-state index contributed by atoms with van der Waals surface area (Å²) in [4.78, 5) is 0. The number of methoxy groups -OCH3 is 2. The Bertz CT molecular complexity index is 1210. The van der Waals surface area contributed by atoms with Crippen LogP contribution in [0.2, 0.25) is 0 Å². The summed E-state index contributed by atoms with van der Waals surface area (Å²) in [7, 11) is 3.28. The Balaban J connectivity index is 1.80. The lowest BCUT2D eigenvalue weighted by molar-refractivity contribution is 0.414. The zero-order valence-corrected chi connectivity index (χ0v) is 16.2. The second-order valence-corrected chi connectivity index (χ2v) is 6.43. The van der Waals surface area contributed by atoms with Gasteiger partial charge in [0.05, 0.1) is 20.4 Å². The van der Waals surface area contributed by atoms with Crippen LogP contribution in [-0.4, -0.2) is 35.3 Å². The molecule has 1 heterocycles. The van der Waals surface area contributed by atoms with Gasteiger partial charge in [0.2, 0.25) is 4.77 Å². The van der Waals surface area contributed by atoms with Gasteiger partial charge >= 0.3 is 0 Å². The monoisotopic (exact) mass is 390 g/mol. The highest BCUT2D eigenvalue weighted by molar-refractivity contribution is 7.71. The fraction of sp³-hybridized carbons (Fsp3) is 0.0952. The summed E-state index contributed by atoms with van der Waals surface area (Å²) in [5.74, 6) is 2.12. The Labute approximate surface area is 167 Å². The molecule has 7 heteroatoms. The first kappa shape index (κ1) is 17.9. The number of benzene rings is 3. The number of ether oxygens (including phenoxy) is 2. The second kappa shape index (κ2) is 7.66. The van der Waals surface area contributed by atoms with Crippen molar-refractivity contribution in [1.29, 1.82) is 0 Å². The van der Waals surface area contributed by atoms with E-state index in [1.807, 2.05) is 54.6 Å². The smallest absolute Gasteiger partial charge is 0.216 e. The van der Waals surface area contributed by atoms with Gasteiger partial charge < -0.3 is 9.47 Å². The third-order valence-corrected chi connectivity index (χ3v) is 4.72. The molecule has 0 bridgehead atoms. The predicted molar refractivity (Wildman–Crippen MR) is 113 cm³/mol. The number of hydrogen-bond acceptors (Lipinski definition) is 5. The van der Waals surface area contributed by atoms with E-state index in [2.05, 4.69) is 21.4 Å². The average Bonchev–Trinajstić information content (AvgIpc) is 3.12. The predicted octanol–water partition coefficient (Wildman–Crippen LogP) is 4.66. The summed E-state index contributed by atoms with van der Waals surface area (Å²) >= 11 is 5.37. The van der Waals surface area contributed by atoms with Gasteiger partial charge in [0.25, 0.3) is 0 Å². The standard InChI is InChI=1S/C21H18N4O2S/c1-26-16-10-7-15(8-11-16)20-23-24-21(28)25(20)22-13-18-17-6-4-3-5-14(17)9-12-19(18)27-2/h3-13H,1-2H3,(H,24,28)/b22-13+. The largest absolute Gasteiger partial charge is 0.497 e. The van der Waals surface area contributed by atoms with Crippen molar-refractivity contribution in [3.8, 4) is 22.9 Å². The Kier molecular flexibility index (Phi) is 4.90. The SMILES string of the molecule is COc1ccc(-c2n[nH]c(=S)n2/N=C/c2c(OC)ccc3ccccc23)cc1. The maximum atomic E-state index is 5.53. The first-order valence-corrected chi connectivity index (χ1v) is 9.04. The van der Waals surface area contributed by atoms with Gasteiger partial charge in [-0.1, -0.05) is 30.3 Å². The molecule has 1 aromatic heterocycles. The fourth-order valence-corrected chi connectivity index (χ4v) is 3.21. The van der Waals surface area contributed by atoms with Gasteiger partial charge in [-0.15, -0.1) is 0 Å². The van der Waals surface area contributed by atoms with Gasteiger partial charge in [-0.25, -0.2) is 5.10 Å². The molecule has 0 radical (unpaired) electrons. The highest BCUT2D eigenvalue weighted by atomic mass is 32.1. The minimum atomic E-state index is 0.404. The summed E-state index contributed by atoms with van der Waals surface area (Å²) in [6.07, 6.45) is 1.75. The van der Waals surface area contributed by atoms with Crippen molar-refractivity contribution in [2.24, 2.45) is 5.10 Å². The normalized spacial score (nSPS) is 11.2. The van der Waals surface area contributed by atoms with E-state index in [1.165, 1.54) is 0 Å². The molecule has 0 spiro atoms. The number of nitrogens with zero attached hydrogens (tertiary/aromatic N) is 3. The summed E-state index contributed by atoms with van der Waals surface area (Å²) in [6.45, 7) is 0. The van der Waals surface area contributed by atoms with Crippen LogP contribution in [0, 0.1) is 4.77 Å². The lowest BCUT2D eigenvalue weighted by atomic mass is 10.0. The third kappa shape index (κ3) is 3.27. The maximum Gasteiger partial charge on any atom is 0.216 e. The van der Waals surface area contributed by atoms with Crippen LogP contribution in [0.15, 0.2) is 65.8 Å². The molecular formula is C21H18N4O2S. The topological polar surface area (TPSA) is 64.4 Å². The number of rotatable bonds is 5. The van der Waals surface area contributed by atoms with E-state index >= 15 is 0 Å². The van der Waals surface area contributed by atoms with Crippen molar-refractivity contribution >= 4 is 29.2 Å². The number of H-pyrrole nitrogens is 1. The molecule has 1 N–H and O–H groups in total. The Morgan fingerprint density at radius 1 is 1.00 bits per heavy atom.